The molecule has 78 valence electrons. The number of rotatable bonds is 6. The van der Waals surface area contributed by atoms with E-state index < -0.39 is 0 Å². The van der Waals surface area contributed by atoms with Gasteiger partial charge in [-0.25, -0.2) is 9.97 Å². The van der Waals surface area contributed by atoms with E-state index in [0.29, 0.717) is 0 Å². The van der Waals surface area contributed by atoms with Crippen LogP contribution in [0.2, 0.25) is 0 Å². The van der Waals surface area contributed by atoms with Gasteiger partial charge >= 0.3 is 0 Å². The predicted molar refractivity (Wildman–Crippen MR) is 60.5 cm³/mol. The molecule has 0 saturated heterocycles. The van der Waals surface area contributed by atoms with E-state index in [1.54, 1.807) is 24.3 Å². The summed E-state index contributed by atoms with van der Waals surface area (Å²) in [7, 11) is 0. The molecule has 0 aliphatic rings. The first kappa shape index (κ1) is 11.5. The number of nitrogens with one attached hydrogen (secondary N) is 1. The average molecular weight is 211 g/mol. The Bertz CT molecular complexity index is 238. The molecule has 1 rings (SSSR count). The molecule has 0 radical (unpaired) electrons. The molecular weight excluding hydrogens is 194 g/mol. The van der Waals surface area contributed by atoms with Crippen molar-refractivity contribution < 1.29 is 0 Å². The molecule has 1 N–H and O–H groups in total. The van der Waals surface area contributed by atoms with Gasteiger partial charge in [-0.3, -0.25) is 0 Å². The van der Waals surface area contributed by atoms with E-state index in [9.17, 15) is 0 Å². The lowest BCUT2D eigenvalue weighted by atomic mass is 10.2. The van der Waals surface area contributed by atoms with Gasteiger partial charge in [0, 0.05) is 18.5 Å². The Kier molecular flexibility index (Phi) is 5.56. The molecule has 0 aromatic carbocycles. The van der Waals surface area contributed by atoms with Gasteiger partial charge in [-0.05, 0) is 18.5 Å². The predicted octanol–water partition coefficient (Wildman–Crippen LogP) is 1.81. The van der Waals surface area contributed by atoms with E-state index in [-0.39, 0.29) is 0 Å². The summed E-state index contributed by atoms with van der Waals surface area (Å²) in [6.07, 6.45) is 3.36. The highest BCUT2D eigenvalue weighted by Gasteiger charge is 1.95. The van der Waals surface area contributed by atoms with E-state index in [2.05, 4.69) is 29.1 Å². The third-order valence-corrected chi connectivity index (χ3v) is 2.58. The van der Waals surface area contributed by atoms with Crippen LogP contribution in [0.15, 0.2) is 23.6 Å². The van der Waals surface area contributed by atoms with E-state index in [1.807, 2.05) is 6.07 Å². The Morgan fingerprint density at radius 2 is 2.36 bits per heavy atom. The Labute approximate surface area is 89.7 Å². The SMILES string of the molecule is CC(C)CNCCSc1ccncn1. The van der Waals surface area contributed by atoms with Crippen LogP contribution in [-0.2, 0) is 0 Å². The molecule has 0 unspecified atom stereocenters. The van der Waals surface area contributed by atoms with Gasteiger partial charge in [-0.15, -0.1) is 11.8 Å². The number of nitrogens with zero attached hydrogens (tertiary/aromatic N) is 2. The van der Waals surface area contributed by atoms with Crippen molar-refractivity contribution in [2.45, 2.75) is 18.9 Å². The van der Waals surface area contributed by atoms with Gasteiger partial charge < -0.3 is 5.32 Å². The molecule has 0 aliphatic carbocycles. The van der Waals surface area contributed by atoms with Crippen LogP contribution in [0.25, 0.3) is 0 Å². The zero-order valence-corrected chi connectivity index (χ0v) is 9.55. The van der Waals surface area contributed by atoms with E-state index in [4.69, 9.17) is 0 Å². The first-order valence-electron chi connectivity index (χ1n) is 4.88. The first-order chi connectivity index (χ1) is 6.79. The fourth-order valence-corrected chi connectivity index (χ4v) is 1.72. The van der Waals surface area contributed by atoms with E-state index >= 15 is 0 Å². The monoisotopic (exact) mass is 211 g/mol. The minimum Gasteiger partial charge on any atom is -0.316 e. The number of aromatic nitrogens is 2. The fraction of sp³-hybridized carbons (Fsp3) is 0.600. The molecular formula is C10H17N3S. The van der Waals surface area contributed by atoms with Crippen LogP contribution in [0.5, 0.6) is 0 Å². The van der Waals surface area contributed by atoms with Crippen LogP contribution in [-0.4, -0.2) is 28.8 Å². The molecule has 3 nitrogen and oxygen atoms in total. The fourth-order valence-electron chi connectivity index (χ4n) is 0.982. The molecule has 4 heteroatoms. The third kappa shape index (κ3) is 5.19. The lowest BCUT2D eigenvalue weighted by molar-refractivity contribution is 0.568. The smallest absolute Gasteiger partial charge is 0.116 e. The molecule has 14 heavy (non-hydrogen) atoms. The van der Waals surface area contributed by atoms with Crippen molar-refractivity contribution in [2.75, 3.05) is 18.8 Å². The van der Waals surface area contributed by atoms with E-state index in [1.165, 1.54) is 0 Å². The Hall–Kier alpha value is -0.610. The highest BCUT2D eigenvalue weighted by atomic mass is 32.2. The Balaban J connectivity index is 2.05. The summed E-state index contributed by atoms with van der Waals surface area (Å²) in [5.41, 5.74) is 0. The van der Waals surface area contributed by atoms with Gasteiger partial charge in [0.05, 0.1) is 5.03 Å². The molecule has 0 amide bonds. The summed E-state index contributed by atoms with van der Waals surface area (Å²) in [6, 6.07) is 1.94. The maximum absolute atomic E-state index is 4.14. The third-order valence-electron chi connectivity index (χ3n) is 1.64. The molecule has 1 aromatic rings. The summed E-state index contributed by atoms with van der Waals surface area (Å²) in [6.45, 7) is 6.55. The molecule has 0 atom stereocenters. The molecule has 0 saturated carbocycles. The molecule has 1 heterocycles. The summed E-state index contributed by atoms with van der Waals surface area (Å²) in [4.78, 5) is 8.01. The van der Waals surface area contributed by atoms with Crippen molar-refractivity contribution in [1.82, 2.24) is 15.3 Å². The first-order valence-corrected chi connectivity index (χ1v) is 5.87. The quantitative estimate of drug-likeness (QED) is 0.442. The average Bonchev–Trinajstić information content (AvgIpc) is 2.18. The highest BCUT2D eigenvalue weighted by molar-refractivity contribution is 7.99. The van der Waals surface area contributed by atoms with Gasteiger partial charge in [-0.1, -0.05) is 13.8 Å². The Morgan fingerprint density at radius 3 is 3.00 bits per heavy atom. The van der Waals surface area contributed by atoms with Crippen molar-refractivity contribution >= 4 is 11.8 Å². The number of hydrogen-bond acceptors (Lipinski definition) is 4. The van der Waals surface area contributed by atoms with Crippen LogP contribution >= 0.6 is 11.8 Å². The zero-order valence-electron chi connectivity index (χ0n) is 8.73. The van der Waals surface area contributed by atoms with Gasteiger partial charge in [0.15, 0.2) is 0 Å². The van der Waals surface area contributed by atoms with Gasteiger partial charge in [0.1, 0.15) is 6.33 Å². The van der Waals surface area contributed by atoms with Crippen molar-refractivity contribution in [1.29, 1.82) is 0 Å². The maximum atomic E-state index is 4.14. The van der Waals surface area contributed by atoms with Crippen LogP contribution in [0, 0.1) is 5.92 Å². The lowest BCUT2D eigenvalue weighted by Crippen LogP contribution is -2.22. The summed E-state index contributed by atoms with van der Waals surface area (Å²) in [5.74, 6) is 1.78. The standard InChI is InChI=1S/C10H17N3S/c1-9(2)7-11-5-6-14-10-3-4-12-8-13-10/h3-4,8-9,11H,5-7H2,1-2H3. The van der Waals surface area contributed by atoms with Crippen LogP contribution in [0.3, 0.4) is 0 Å². The number of thioether (sulfide) groups is 1. The number of hydrogen-bond donors (Lipinski definition) is 1. The second-order valence-corrected chi connectivity index (χ2v) is 4.61. The van der Waals surface area contributed by atoms with Crippen LogP contribution in [0.1, 0.15) is 13.8 Å². The molecule has 0 spiro atoms. The zero-order chi connectivity index (χ0) is 10.2. The topological polar surface area (TPSA) is 37.8 Å². The molecule has 0 aliphatic heterocycles. The summed E-state index contributed by atoms with van der Waals surface area (Å²) >= 11 is 1.76. The van der Waals surface area contributed by atoms with Gasteiger partial charge in [-0.2, -0.15) is 0 Å². The van der Waals surface area contributed by atoms with Gasteiger partial charge in [0.25, 0.3) is 0 Å². The highest BCUT2D eigenvalue weighted by Crippen LogP contribution is 2.11. The van der Waals surface area contributed by atoms with Crippen LogP contribution < -0.4 is 5.32 Å². The van der Waals surface area contributed by atoms with Crippen molar-refractivity contribution in [3.63, 3.8) is 0 Å². The summed E-state index contributed by atoms with van der Waals surface area (Å²) < 4.78 is 0. The largest absolute Gasteiger partial charge is 0.316 e. The van der Waals surface area contributed by atoms with Crippen molar-refractivity contribution in [2.24, 2.45) is 5.92 Å². The molecule has 0 fully saturated rings. The van der Waals surface area contributed by atoms with E-state index in [0.717, 1.165) is 29.8 Å². The minimum atomic E-state index is 0.721. The maximum Gasteiger partial charge on any atom is 0.116 e. The lowest BCUT2D eigenvalue weighted by Gasteiger charge is -2.06. The second kappa shape index (κ2) is 6.79. The van der Waals surface area contributed by atoms with Crippen LogP contribution in [0.4, 0.5) is 0 Å². The molecule has 0 bridgehead atoms. The Morgan fingerprint density at radius 1 is 1.50 bits per heavy atom. The molecule has 1 aromatic heterocycles. The normalized spacial score (nSPS) is 10.8. The summed E-state index contributed by atoms with van der Waals surface area (Å²) in [5, 5.41) is 4.44. The minimum absolute atomic E-state index is 0.721. The van der Waals surface area contributed by atoms with Gasteiger partial charge in [0.2, 0.25) is 0 Å². The second-order valence-electron chi connectivity index (χ2n) is 3.49. The van der Waals surface area contributed by atoms with Crippen molar-refractivity contribution in [3.8, 4) is 0 Å². The van der Waals surface area contributed by atoms with Crippen molar-refractivity contribution in [3.05, 3.63) is 18.6 Å².